The van der Waals surface area contributed by atoms with Gasteiger partial charge in [0.1, 0.15) is 0 Å². The molecule has 102 valence electrons. The fourth-order valence-electron chi connectivity index (χ4n) is 2.03. The van der Waals surface area contributed by atoms with E-state index in [1.165, 1.54) is 18.4 Å². The Bertz CT molecular complexity index is 352. The van der Waals surface area contributed by atoms with E-state index in [9.17, 15) is 0 Å². The zero-order chi connectivity index (χ0) is 13.4. The van der Waals surface area contributed by atoms with E-state index >= 15 is 0 Å². The molecular weight excluding hydrogens is 226 g/mol. The topological polar surface area (TPSA) is 30.5 Å². The first-order chi connectivity index (χ1) is 8.71. The highest BCUT2D eigenvalue weighted by Gasteiger charge is 2.05. The number of benzene rings is 1. The van der Waals surface area contributed by atoms with Crippen molar-refractivity contribution in [3.8, 4) is 11.5 Å². The normalized spacial score (nSPS) is 12.2. The average molecular weight is 251 g/mol. The Hall–Kier alpha value is -1.22. The Morgan fingerprint density at radius 2 is 1.89 bits per heavy atom. The SMILES string of the molecule is CCCC(C)NCCc1ccc(OC)c(OC)c1. The van der Waals surface area contributed by atoms with E-state index < -0.39 is 0 Å². The molecule has 1 atom stereocenters. The minimum atomic E-state index is 0.593. The summed E-state index contributed by atoms with van der Waals surface area (Å²) in [6, 6.07) is 6.69. The predicted octanol–water partition coefficient (Wildman–Crippen LogP) is 3.02. The van der Waals surface area contributed by atoms with Crippen LogP contribution in [0.1, 0.15) is 32.3 Å². The van der Waals surface area contributed by atoms with Gasteiger partial charge in [-0.2, -0.15) is 0 Å². The standard InChI is InChI=1S/C15H25NO2/c1-5-6-12(2)16-10-9-13-7-8-14(17-3)15(11-13)18-4/h7-8,11-12,16H,5-6,9-10H2,1-4H3. The average Bonchev–Trinajstić information content (AvgIpc) is 2.38. The van der Waals surface area contributed by atoms with E-state index in [0.717, 1.165) is 24.5 Å². The summed E-state index contributed by atoms with van der Waals surface area (Å²) in [5, 5.41) is 3.53. The number of hydrogen-bond donors (Lipinski definition) is 1. The maximum Gasteiger partial charge on any atom is 0.160 e. The molecule has 1 rings (SSSR count). The van der Waals surface area contributed by atoms with Gasteiger partial charge in [0.15, 0.2) is 11.5 Å². The molecule has 0 bridgehead atoms. The van der Waals surface area contributed by atoms with Crippen molar-refractivity contribution in [2.45, 2.75) is 39.2 Å². The van der Waals surface area contributed by atoms with Crippen molar-refractivity contribution >= 4 is 0 Å². The second-order valence-electron chi connectivity index (χ2n) is 4.58. The van der Waals surface area contributed by atoms with Crippen molar-refractivity contribution in [1.82, 2.24) is 5.32 Å². The minimum Gasteiger partial charge on any atom is -0.493 e. The molecule has 0 aliphatic heterocycles. The van der Waals surface area contributed by atoms with Crippen LogP contribution in [0.2, 0.25) is 0 Å². The zero-order valence-electron chi connectivity index (χ0n) is 12.0. The molecule has 0 amide bonds. The van der Waals surface area contributed by atoms with Crippen molar-refractivity contribution in [2.75, 3.05) is 20.8 Å². The lowest BCUT2D eigenvalue weighted by Crippen LogP contribution is -2.27. The van der Waals surface area contributed by atoms with Gasteiger partial charge in [-0.3, -0.25) is 0 Å². The fraction of sp³-hybridized carbons (Fsp3) is 0.600. The Morgan fingerprint density at radius 3 is 2.50 bits per heavy atom. The molecule has 0 radical (unpaired) electrons. The third-order valence-corrected chi connectivity index (χ3v) is 3.08. The van der Waals surface area contributed by atoms with Crippen LogP contribution in [0.4, 0.5) is 0 Å². The lowest BCUT2D eigenvalue weighted by atomic mass is 10.1. The Balaban J connectivity index is 2.47. The van der Waals surface area contributed by atoms with Crippen LogP contribution in [0, 0.1) is 0 Å². The van der Waals surface area contributed by atoms with Crippen LogP contribution in [0.5, 0.6) is 11.5 Å². The molecule has 18 heavy (non-hydrogen) atoms. The first kappa shape index (κ1) is 14.8. The molecule has 1 unspecified atom stereocenters. The molecule has 1 aromatic rings. The fourth-order valence-corrected chi connectivity index (χ4v) is 2.03. The molecule has 0 saturated heterocycles. The second-order valence-corrected chi connectivity index (χ2v) is 4.58. The van der Waals surface area contributed by atoms with E-state index in [1.807, 2.05) is 12.1 Å². The molecule has 3 heteroatoms. The quantitative estimate of drug-likeness (QED) is 0.770. The maximum atomic E-state index is 5.30. The third kappa shape index (κ3) is 4.57. The predicted molar refractivity (Wildman–Crippen MR) is 75.6 cm³/mol. The summed E-state index contributed by atoms with van der Waals surface area (Å²) in [7, 11) is 3.33. The summed E-state index contributed by atoms with van der Waals surface area (Å²) in [5.74, 6) is 1.59. The molecule has 3 nitrogen and oxygen atoms in total. The minimum absolute atomic E-state index is 0.593. The highest BCUT2D eigenvalue weighted by molar-refractivity contribution is 5.42. The van der Waals surface area contributed by atoms with E-state index in [0.29, 0.717) is 6.04 Å². The van der Waals surface area contributed by atoms with Gasteiger partial charge in [-0.15, -0.1) is 0 Å². The zero-order valence-corrected chi connectivity index (χ0v) is 12.0. The highest BCUT2D eigenvalue weighted by Crippen LogP contribution is 2.27. The van der Waals surface area contributed by atoms with Gasteiger partial charge in [-0.05, 0) is 44.0 Å². The van der Waals surface area contributed by atoms with Gasteiger partial charge in [0.2, 0.25) is 0 Å². The summed E-state index contributed by atoms with van der Waals surface area (Å²) in [6.45, 7) is 5.45. The van der Waals surface area contributed by atoms with Crippen molar-refractivity contribution < 1.29 is 9.47 Å². The Morgan fingerprint density at radius 1 is 1.17 bits per heavy atom. The van der Waals surface area contributed by atoms with E-state index in [1.54, 1.807) is 14.2 Å². The van der Waals surface area contributed by atoms with Crippen LogP contribution in [0.3, 0.4) is 0 Å². The molecule has 0 aliphatic rings. The lowest BCUT2D eigenvalue weighted by Gasteiger charge is -2.13. The van der Waals surface area contributed by atoms with Gasteiger partial charge in [-0.25, -0.2) is 0 Å². The number of ether oxygens (including phenoxy) is 2. The van der Waals surface area contributed by atoms with Crippen LogP contribution in [-0.4, -0.2) is 26.8 Å². The number of methoxy groups -OCH3 is 2. The van der Waals surface area contributed by atoms with Gasteiger partial charge >= 0.3 is 0 Å². The summed E-state index contributed by atoms with van der Waals surface area (Å²) in [6.07, 6.45) is 3.46. The van der Waals surface area contributed by atoms with Gasteiger partial charge in [0.05, 0.1) is 14.2 Å². The van der Waals surface area contributed by atoms with Crippen LogP contribution >= 0.6 is 0 Å². The lowest BCUT2D eigenvalue weighted by molar-refractivity contribution is 0.354. The Labute approximate surface area is 110 Å². The second kappa shape index (κ2) is 7.98. The molecule has 1 N–H and O–H groups in total. The molecule has 0 saturated carbocycles. The summed E-state index contributed by atoms with van der Waals surface area (Å²) >= 11 is 0. The van der Waals surface area contributed by atoms with Crippen molar-refractivity contribution in [3.63, 3.8) is 0 Å². The van der Waals surface area contributed by atoms with E-state index in [-0.39, 0.29) is 0 Å². The monoisotopic (exact) mass is 251 g/mol. The molecule has 0 fully saturated rings. The van der Waals surface area contributed by atoms with Gasteiger partial charge in [0.25, 0.3) is 0 Å². The van der Waals surface area contributed by atoms with E-state index in [4.69, 9.17) is 9.47 Å². The number of rotatable bonds is 8. The van der Waals surface area contributed by atoms with Gasteiger partial charge in [0, 0.05) is 6.04 Å². The molecule has 0 aliphatic carbocycles. The molecule has 0 heterocycles. The smallest absolute Gasteiger partial charge is 0.160 e. The van der Waals surface area contributed by atoms with Crippen molar-refractivity contribution in [2.24, 2.45) is 0 Å². The molecule has 0 spiro atoms. The van der Waals surface area contributed by atoms with Crippen LogP contribution in [0.15, 0.2) is 18.2 Å². The van der Waals surface area contributed by atoms with Crippen molar-refractivity contribution in [1.29, 1.82) is 0 Å². The number of hydrogen-bond acceptors (Lipinski definition) is 3. The summed E-state index contributed by atoms with van der Waals surface area (Å²) in [4.78, 5) is 0. The maximum absolute atomic E-state index is 5.30. The first-order valence-electron chi connectivity index (χ1n) is 6.65. The van der Waals surface area contributed by atoms with Gasteiger partial charge in [-0.1, -0.05) is 19.4 Å². The molecule has 0 aromatic heterocycles. The number of nitrogens with one attached hydrogen (secondary N) is 1. The highest BCUT2D eigenvalue weighted by atomic mass is 16.5. The summed E-state index contributed by atoms with van der Waals surface area (Å²) in [5.41, 5.74) is 1.27. The van der Waals surface area contributed by atoms with Crippen molar-refractivity contribution in [3.05, 3.63) is 23.8 Å². The molecular formula is C15H25NO2. The van der Waals surface area contributed by atoms with E-state index in [2.05, 4.69) is 25.2 Å². The largest absolute Gasteiger partial charge is 0.493 e. The first-order valence-corrected chi connectivity index (χ1v) is 6.65. The Kier molecular flexibility index (Phi) is 6.58. The van der Waals surface area contributed by atoms with Crippen LogP contribution in [-0.2, 0) is 6.42 Å². The molecule has 1 aromatic carbocycles. The third-order valence-electron chi connectivity index (χ3n) is 3.08. The van der Waals surface area contributed by atoms with Gasteiger partial charge < -0.3 is 14.8 Å². The van der Waals surface area contributed by atoms with Crippen LogP contribution < -0.4 is 14.8 Å². The summed E-state index contributed by atoms with van der Waals surface area (Å²) < 4.78 is 10.5. The van der Waals surface area contributed by atoms with Crippen LogP contribution in [0.25, 0.3) is 0 Å².